The average molecular weight is 287 g/mol. The van der Waals surface area contributed by atoms with Gasteiger partial charge in [-0.3, -0.25) is 9.69 Å². The maximum Gasteiger partial charge on any atom is 0.238 e. The summed E-state index contributed by atoms with van der Waals surface area (Å²) >= 11 is 0. The lowest BCUT2D eigenvalue weighted by molar-refractivity contribution is -0.118. The van der Waals surface area contributed by atoms with Crippen LogP contribution in [0.3, 0.4) is 0 Å². The number of piperidine rings is 1. The predicted octanol–water partition coefficient (Wildman–Crippen LogP) is 1.93. The normalized spacial score (nSPS) is 25.6. The van der Waals surface area contributed by atoms with Crippen LogP contribution in [0.1, 0.15) is 24.0 Å². The van der Waals surface area contributed by atoms with Gasteiger partial charge in [0.15, 0.2) is 0 Å². The van der Waals surface area contributed by atoms with Crippen LogP contribution in [0.25, 0.3) is 0 Å². The molecule has 1 aromatic carbocycles. The number of nitrogens with zero attached hydrogens (tertiary/aromatic N) is 1. The molecular formula is C17H25N3O. The van der Waals surface area contributed by atoms with E-state index in [-0.39, 0.29) is 5.91 Å². The zero-order valence-corrected chi connectivity index (χ0v) is 13.0. The van der Waals surface area contributed by atoms with Crippen molar-refractivity contribution < 1.29 is 4.79 Å². The Morgan fingerprint density at radius 2 is 2.24 bits per heavy atom. The molecule has 2 N–H and O–H groups in total. The second kappa shape index (κ2) is 6.16. The average Bonchev–Trinajstić information content (AvgIpc) is 2.91. The number of hydrogen-bond donors (Lipinski definition) is 2. The van der Waals surface area contributed by atoms with Gasteiger partial charge in [-0.2, -0.15) is 0 Å². The number of aryl methyl sites for hydroxylation is 2. The Labute approximate surface area is 126 Å². The number of carbonyl (C=O) groups is 1. The van der Waals surface area contributed by atoms with Crippen molar-refractivity contribution >= 4 is 11.6 Å². The van der Waals surface area contributed by atoms with E-state index >= 15 is 0 Å². The SMILES string of the molecule is Cc1ccc(NC(=O)CN2CCCC3CNCC32)c(C)c1. The molecule has 2 fully saturated rings. The number of likely N-dealkylation sites (tertiary alicyclic amines) is 1. The molecule has 4 heteroatoms. The molecular weight excluding hydrogens is 262 g/mol. The predicted molar refractivity (Wildman–Crippen MR) is 85.5 cm³/mol. The van der Waals surface area contributed by atoms with Gasteiger partial charge in [0.1, 0.15) is 0 Å². The van der Waals surface area contributed by atoms with Gasteiger partial charge in [0.2, 0.25) is 5.91 Å². The fraction of sp³-hybridized carbons (Fsp3) is 0.588. The second-order valence-corrected chi connectivity index (χ2v) is 6.46. The Morgan fingerprint density at radius 3 is 3.05 bits per heavy atom. The van der Waals surface area contributed by atoms with Gasteiger partial charge in [0.25, 0.3) is 0 Å². The van der Waals surface area contributed by atoms with E-state index in [0.717, 1.165) is 36.8 Å². The second-order valence-electron chi connectivity index (χ2n) is 6.46. The van der Waals surface area contributed by atoms with Crippen LogP contribution in [0.4, 0.5) is 5.69 Å². The van der Waals surface area contributed by atoms with Crippen LogP contribution in [0.2, 0.25) is 0 Å². The van der Waals surface area contributed by atoms with Crippen molar-refractivity contribution in [3.05, 3.63) is 29.3 Å². The maximum atomic E-state index is 12.3. The Morgan fingerprint density at radius 1 is 1.38 bits per heavy atom. The summed E-state index contributed by atoms with van der Waals surface area (Å²) in [6.45, 7) is 7.81. The van der Waals surface area contributed by atoms with Crippen LogP contribution < -0.4 is 10.6 Å². The van der Waals surface area contributed by atoms with E-state index in [2.05, 4.69) is 28.5 Å². The Kier molecular flexibility index (Phi) is 4.27. The van der Waals surface area contributed by atoms with Crippen LogP contribution in [0.15, 0.2) is 18.2 Å². The van der Waals surface area contributed by atoms with E-state index in [1.165, 1.54) is 18.4 Å². The summed E-state index contributed by atoms with van der Waals surface area (Å²) < 4.78 is 0. The minimum Gasteiger partial charge on any atom is -0.325 e. The van der Waals surface area contributed by atoms with Crippen molar-refractivity contribution in [1.82, 2.24) is 10.2 Å². The highest BCUT2D eigenvalue weighted by molar-refractivity contribution is 5.93. The number of anilines is 1. The van der Waals surface area contributed by atoms with E-state index in [0.29, 0.717) is 12.6 Å². The number of nitrogens with one attached hydrogen (secondary N) is 2. The standard InChI is InChI=1S/C17H25N3O/c1-12-5-6-15(13(2)8-12)19-17(21)11-20-7-3-4-14-9-18-10-16(14)20/h5-6,8,14,16,18H,3-4,7,9-11H2,1-2H3,(H,19,21). The lowest BCUT2D eigenvalue weighted by Gasteiger charge is -2.36. The van der Waals surface area contributed by atoms with Crippen molar-refractivity contribution in [3.8, 4) is 0 Å². The maximum absolute atomic E-state index is 12.3. The fourth-order valence-corrected chi connectivity index (χ4v) is 3.69. The Bertz CT molecular complexity index is 529. The molecule has 0 bridgehead atoms. The van der Waals surface area contributed by atoms with Gasteiger partial charge < -0.3 is 10.6 Å². The van der Waals surface area contributed by atoms with Gasteiger partial charge in [-0.25, -0.2) is 0 Å². The Hall–Kier alpha value is -1.39. The van der Waals surface area contributed by atoms with Crippen molar-refractivity contribution in [2.24, 2.45) is 5.92 Å². The summed E-state index contributed by atoms with van der Waals surface area (Å²) in [4.78, 5) is 14.7. The van der Waals surface area contributed by atoms with Crippen LogP contribution in [0.5, 0.6) is 0 Å². The molecule has 2 aliphatic rings. The molecule has 2 saturated heterocycles. The monoisotopic (exact) mass is 287 g/mol. The summed E-state index contributed by atoms with van der Waals surface area (Å²) in [5.41, 5.74) is 3.28. The van der Waals surface area contributed by atoms with Crippen molar-refractivity contribution in [1.29, 1.82) is 0 Å². The molecule has 4 nitrogen and oxygen atoms in total. The van der Waals surface area contributed by atoms with E-state index in [4.69, 9.17) is 0 Å². The molecule has 2 aliphatic heterocycles. The summed E-state index contributed by atoms with van der Waals surface area (Å²) in [7, 11) is 0. The quantitative estimate of drug-likeness (QED) is 0.893. The highest BCUT2D eigenvalue weighted by Crippen LogP contribution is 2.26. The van der Waals surface area contributed by atoms with E-state index < -0.39 is 0 Å². The molecule has 1 amide bonds. The summed E-state index contributed by atoms with van der Waals surface area (Å²) in [6.07, 6.45) is 2.51. The Balaban J connectivity index is 1.61. The third-order valence-corrected chi connectivity index (χ3v) is 4.80. The fourth-order valence-electron chi connectivity index (χ4n) is 3.69. The topological polar surface area (TPSA) is 44.4 Å². The molecule has 114 valence electrons. The van der Waals surface area contributed by atoms with Crippen molar-refractivity contribution in [2.45, 2.75) is 32.7 Å². The molecule has 2 unspecified atom stereocenters. The lowest BCUT2D eigenvalue weighted by atomic mass is 9.92. The first-order valence-electron chi connectivity index (χ1n) is 7.95. The molecule has 0 radical (unpaired) electrons. The van der Waals surface area contributed by atoms with Crippen molar-refractivity contribution in [2.75, 3.05) is 31.5 Å². The highest BCUT2D eigenvalue weighted by atomic mass is 16.2. The van der Waals surface area contributed by atoms with Crippen LogP contribution in [-0.4, -0.2) is 43.0 Å². The first-order chi connectivity index (χ1) is 10.1. The van der Waals surface area contributed by atoms with Gasteiger partial charge in [0, 0.05) is 18.3 Å². The van der Waals surface area contributed by atoms with Crippen LogP contribution in [-0.2, 0) is 4.79 Å². The van der Waals surface area contributed by atoms with Gasteiger partial charge in [-0.1, -0.05) is 17.7 Å². The molecule has 21 heavy (non-hydrogen) atoms. The molecule has 2 heterocycles. The molecule has 1 aromatic rings. The van der Waals surface area contributed by atoms with E-state index in [1.54, 1.807) is 0 Å². The first-order valence-corrected chi connectivity index (χ1v) is 7.95. The summed E-state index contributed by atoms with van der Waals surface area (Å²) in [5.74, 6) is 0.835. The van der Waals surface area contributed by atoms with Crippen LogP contribution in [0, 0.1) is 19.8 Å². The number of fused-ring (bicyclic) bond motifs is 1. The number of carbonyl (C=O) groups excluding carboxylic acids is 1. The molecule has 0 aromatic heterocycles. The highest BCUT2D eigenvalue weighted by Gasteiger charge is 2.35. The van der Waals surface area contributed by atoms with E-state index in [1.807, 2.05) is 19.1 Å². The van der Waals surface area contributed by atoms with Gasteiger partial charge in [-0.15, -0.1) is 0 Å². The summed E-state index contributed by atoms with van der Waals surface area (Å²) in [5, 5.41) is 6.52. The largest absolute Gasteiger partial charge is 0.325 e. The molecule has 0 aliphatic carbocycles. The van der Waals surface area contributed by atoms with Gasteiger partial charge in [-0.05, 0) is 57.3 Å². The van der Waals surface area contributed by atoms with E-state index in [9.17, 15) is 4.79 Å². The number of amides is 1. The molecule has 0 spiro atoms. The minimum absolute atomic E-state index is 0.106. The third-order valence-electron chi connectivity index (χ3n) is 4.80. The molecule has 2 atom stereocenters. The molecule has 0 saturated carbocycles. The first kappa shape index (κ1) is 14.5. The van der Waals surface area contributed by atoms with Gasteiger partial charge in [0.05, 0.1) is 6.54 Å². The number of hydrogen-bond acceptors (Lipinski definition) is 3. The van der Waals surface area contributed by atoms with Crippen LogP contribution >= 0.6 is 0 Å². The van der Waals surface area contributed by atoms with Gasteiger partial charge >= 0.3 is 0 Å². The lowest BCUT2D eigenvalue weighted by Crippen LogP contribution is -2.48. The minimum atomic E-state index is 0.106. The molecule has 3 rings (SSSR count). The smallest absolute Gasteiger partial charge is 0.238 e. The number of rotatable bonds is 3. The summed E-state index contributed by atoms with van der Waals surface area (Å²) in [6, 6.07) is 6.69. The zero-order chi connectivity index (χ0) is 14.8. The zero-order valence-electron chi connectivity index (χ0n) is 13.0. The third kappa shape index (κ3) is 3.27. The van der Waals surface area contributed by atoms with Crippen molar-refractivity contribution in [3.63, 3.8) is 0 Å². The number of benzene rings is 1.